The van der Waals surface area contributed by atoms with Gasteiger partial charge in [-0.1, -0.05) is 17.8 Å². The first-order valence-electron chi connectivity index (χ1n) is 11.0. The lowest BCUT2D eigenvalue weighted by molar-refractivity contribution is 0.156. The summed E-state index contributed by atoms with van der Waals surface area (Å²) in [6.07, 6.45) is 5.54. The van der Waals surface area contributed by atoms with Crippen molar-refractivity contribution < 1.29 is 19.5 Å². The molecule has 1 aliphatic heterocycles. The summed E-state index contributed by atoms with van der Waals surface area (Å²) in [7, 11) is -3.58. The molecule has 0 saturated heterocycles. The summed E-state index contributed by atoms with van der Waals surface area (Å²) in [5.41, 5.74) is 5.29. The predicted octanol–water partition coefficient (Wildman–Crippen LogP) is 2.07. The molecule has 1 aromatic rings. The highest BCUT2D eigenvalue weighted by atomic mass is 32.3. The molecule has 0 saturated carbocycles. The summed E-state index contributed by atoms with van der Waals surface area (Å²) in [5.74, 6) is 0. The lowest BCUT2D eigenvalue weighted by Crippen LogP contribution is -2.51. The average Bonchev–Trinajstić information content (AvgIpc) is 3.38. The van der Waals surface area contributed by atoms with Gasteiger partial charge in [-0.25, -0.2) is 13.7 Å². The van der Waals surface area contributed by atoms with E-state index in [2.05, 4.69) is 15.8 Å². The molecular formula is C22H33N3O4S2. The number of hydrogen-bond donors (Lipinski definition) is 5. The van der Waals surface area contributed by atoms with Gasteiger partial charge in [0, 0.05) is 6.42 Å². The molecule has 1 heterocycles. The van der Waals surface area contributed by atoms with Gasteiger partial charge in [0.2, 0.25) is 0 Å². The monoisotopic (exact) mass is 467 g/mol. The lowest BCUT2D eigenvalue weighted by Gasteiger charge is -2.32. The van der Waals surface area contributed by atoms with Crippen LogP contribution < -0.4 is 4.72 Å². The van der Waals surface area contributed by atoms with Crippen molar-refractivity contribution in [3.05, 3.63) is 33.9 Å². The molecule has 0 aromatic heterocycles. The van der Waals surface area contributed by atoms with E-state index in [1.54, 1.807) is 20.8 Å². The molecule has 5 N–H and O–H groups in total. The van der Waals surface area contributed by atoms with E-state index in [4.69, 9.17) is 4.78 Å². The molecule has 0 bridgehead atoms. The molecule has 0 spiro atoms. The molecule has 1 aromatic carbocycles. The number of aliphatic imine (C=N–C) groups is 1. The molecule has 4 atom stereocenters. The van der Waals surface area contributed by atoms with Crippen LogP contribution in [-0.2, 0) is 42.0 Å². The first kappa shape index (κ1) is 23.2. The van der Waals surface area contributed by atoms with Gasteiger partial charge in [-0.2, -0.15) is 0 Å². The van der Waals surface area contributed by atoms with E-state index in [1.165, 1.54) is 22.3 Å². The third-order valence-corrected chi connectivity index (χ3v) is 11.2. The van der Waals surface area contributed by atoms with E-state index in [0.717, 1.165) is 55.9 Å². The first-order chi connectivity index (χ1) is 14.5. The Labute approximate surface area is 188 Å². The van der Waals surface area contributed by atoms with Crippen molar-refractivity contribution in [1.29, 1.82) is 4.78 Å². The number of benzene rings is 1. The number of hydrogen-bond acceptors (Lipinski definition) is 7. The molecule has 172 valence electrons. The van der Waals surface area contributed by atoms with Gasteiger partial charge >= 0.3 is 0 Å². The Morgan fingerprint density at radius 3 is 2.39 bits per heavy atom. The zero-order chi connectivity index (χ0) is 22.6. The molecule has 0 radical (unpaired) electrons. The molecule has 31 heavy (non-hydrogen) atoms. The van der Waals surface area contributed by atoms with Crippen molar-refractivity contribution in [3.8, 4) is 0 Å². The minimum absolute atomic E-state index is 0.311. The maximum absolute atomic E-state index is 13.5. The number of thioether (sulfide) groups is 1. The number of nitrogens with zero attached hydrogens (tertiary/aromatic N) is 1. The van der Waals surface area contributed by atoms with Crippen LogP contribution >= 0.6 is 11.8 Å². The topological polar surface area (TPSA) is 126 Å². The maximum atomic E-state index is 13.5. The van der Waals surface area contributed by atoms with Crippen LogP contribution in [0.4, 0.5) is 0 Å². The van der Waals surface area contributed by atoms with Crippen molar-refractivity contribution in [1.82, 2.24) is 4.72 Å². The SMILES string of the molecule is CC(C)(O)C1=NC(CO)C(C)(S(=N)(=O)NC(O)Cc2c3c(cc4c2CCC4)CCC3)S1. The molecule has 0 amide bonds. The zero-order valence-corrected chi connectivity index (χ0v) is 20.0. The van der Waals surface area contributed by atoms with Crippen LogP contribution in [0.25, 0.3) is 0 Å². The van der Waals surface area contributed by atoms with Gasteiger partial charge in [0.05, 0.1) is 6.61 Å². The highest BCUT2D eigenvalue weighted by Crippen LogP contribution is 2.45. The van der Waals surface area contributed by atoms with E-state index >= 15 is 0 Å². The Morgan fingerprint density at radius 2 is 1.87 bits per heavy atom. The quantitative estimate of drug-likeness (QED) is 0.393. The molecule has 3 aliphatic rings. The van der Waals surface area contributed by atoms with Crippen molar-refractivity contribution in [2.75, 3.05) is 6.61 Å². The third kappa shape index (κ3) is 4.09. The minimum Gasteiger partial charge on any atom is -0.394 e. The van der Waals surface area contributed by atoms with Gasteiger partial charge in [-0.05, 0) is 87.1 Å². The number of fused-ring (bicyclic) bond motifs is 2. The second-order valence-electron chi connectivity index (χ2n) is 9.54. The van der Waals surface area contributed by atoms with Crippen LogP contribution in [0.3, 0.4) is 0 Å². The van der Waals surface area contributed by atoms with E-state index < -0.39 is 38.5 Å². The first-order valence-corrected chi connectivity index (χ1v) is 13.3. The molecule has 2 aliphatic carbocycles. The van der Waals surface area contributed by atoms with Crippen LogP contribution in [0, 0.1) is 4.78 Å². The van der Waals surface area contributed by atoms with Gasteiger partial charge in [0.25, 0.3) is 0 Å². The summed E-state index contributed by atoms with van der Waals surface area (Å²) >= 11 is 1.05. The molecule has 9 heteroatoms. The number of nitrogens with one attached hydrogen (secondary N) is 2. The van der Waals surface area contributed by atoms with E-state index in [1.807, 2.05) is 0 Å². The summed E-state index contributed by atoms with van der Waals surface area (Å²) in [6.45, 7) is 4.36. The van der Waals surface area contributed by atoms with Gasteiger partial charge in [-0.3, -0.25) is 4.99 Å². The fraction of sp³-hybridized carbons (Fsp3) is 0.682. The predicted molar refractivity (Wildman–Crippen MR) is 125 cm³/mol. The number of aliphatic hydroxyl groups is 3. The summed E-state index contributed by atoms with van der Waals surface area (Å²) in [4.78, 5) is 4.34. The van der Waals surface area contributed by atoms with Gasteiger partial charge < -0.3 is 15.3 Å². The lowest BCUT2D eigenvalue weighted by atomic mass is 9.92. The standard InChI is InChI=1S/C22H33N3O4S2/c1-21(2,28)20-24-18(12-26)22(3,30-20)31(23,29)25-19(27)11-17-15-8-4-6-13(15)10-14-7-5-9-16(14)17/h10,18-19,26-28H,4-9,11-12H2,1-3H3,(H2,23,25,29). The Bertz CT molecular complexity index is 984. The highest BCUT2D eigenvalue weighted by molar-refractivity contribution is 8.24. The van der Waals surface area contributed by atoms with Crippen LogP contribution in [0.2, 0.25) is 0 Å². The molecule has 0 fully saturated rings. The zero-order valence-electron chi connectivity index (χ0n) is 18.4. The largest absolute Gasteiger partial charge is 0.394 e. The average molecular weight is 468 g/mol. The second kappa shape index (κ2) is 8.11. The normalized spacial score (nSPS) is 28.2. The Morgan fingerprint density at radius 1 is 1.29 bits per heavy atom. The maximum Gasteiger partial charge on any atom is 0.140 e. The minimum atomic E-state index is -3.58. The Hall–Kier alpha value is -0.970. The Balaban J connectivity index is 1.57. The summed E-state index contributed by atoms with van der Waals surface area (Å²) in [5, 5.41) is 31.4. The van der Waals surface area contributed by atoms with Crippen LogP contribution in [0.1, 0.15) is 61.4 Å². The molecule has 7 nitrogen and oxygen atoms in total. The van der Waals surface area contributed by atoms with Crippen molar-refractivity contribution in [3.63, 3.8) is 0 Å². The Kier molecular flexibility index (Phi) is 6.07. The molecule has 4 rings (SSSR count). The summed E-state index contributed by atoms with van der Waals surface area (Å²) < 4.78 is 23.5. The van der Waals surface area contributed by atoms with E-state index in [-0.39, 0.29) is 0 Å². The van der Waals surface area contributed by atoms with E-state index in [0.29, 0.717) is 11.5 Å². The molecule has 4 unspecified atom stereocenters. The molecular weight excluding hydrogens is 434 g/mol. The van der Waals surface area contributed by atoms with Crippen molar-refractivity contribution in [2.45, 2.75) is 87.7 Å². The fourth-order valence-corrected chi connectivity index (χ4v) is 8.15. The van der Waals surface area contributed by atoms with E-state index in [9.17, 15) is 19.5 Å². The fourth-order valence-electron chi connectivity index (χ4n) is 5.01. The van der Waals surface area contributed by atoms with Crippen LogP contribution in [0.15, 0.2) is 11.1 Å². The van der Waals surface area contributed by atoms with Crippen LogP contribution in [-0.4, -0.2) is 53.1 Å². The van der Waals surface area contributed by atoms with Gasteiger partial charge in [-0.15, -0.1) is 0 Å². The number of aryl methyl sites for hydroxylation is 2. The number of rotatable bonds is 7. The van der Waals surface area contributed by atoms with Crippen LogP contribution in [0.5, 0.6) is 0 Å². The third-order valence-electron chi connectivity index (χ3n) is 6.74. The highest BCUT2D eigenvalue weighted by Gasteiger charge is 2.52. The number of aliphatic hydroxyl groups excluding tert-OH is 2. The smallest absolute Gasteiger partial charge is 0.140 e. The summed E-state index contributed by atoms with van der Waals surface area (Å²) in [6, 6.07) is 1.52. The van der Waals surface area contributed by atoms with Crippen molar-refractivity contribution in [2.24, 2.45) is 4.99 Å². The van der Waals surface area contributed by atoms with Gasteiger partial charge in [0.1, 0.15) is 36.9 Å². The van der Waals surface area contributed by atoms with Gasteiger partial charge in [0.15, 0.2) is 0 Å². The van der Waals surface area contributed by atoms with Crippen molar-refractivity contribution >= 4 is 26.7 Å². The second-order valence-corrected chi connectivity index (χ2v) is 13.4.